The van der Waals surface area contributed by atoms with Crippen LogP contribution in [0.3, 0.4) is 0 Å². The highest BCUT2D eigenvalue weighted by molar-refractivity contribution is 7.91. The van der Waals surface area contributed by atoms with Crippen molar-refractivity contribution in [2.45, 2.75) is 12.5 Å². The monoisotopic (exact) mass is 448 g/mol. The van der Waals surface area contributed by atoms with Gasteiger partial charge in [0, 0.05) is 6.04 Å². The lowest BCUT2D eigenvalue weighted by molar-refractivity contribution is -0.118. The normalized spacial score (nSPS) is 17.9. The van der Waals surface area contributed by atoms with Crippen molar-refractivity contribution in [3.05, 3.63) is 70.4 Å². The Hall–Kier alpha value is -2.84. The zero-order valence-electron chi connectivity index (χ0n) is 16.2. The molecule has 2 N–H and O–H groups in total. The van der Waals surface area contributed by atoms with E-state index in [9.17, 15) is 18.0 Å². The van der Waals surface area contributed by atoms with Gasteiger partial charge in [0.1, 0.15) is 11.4 Å². The molecule has 7 nitrogen and oxygen atoms in total. The Balaban J connectivity index is 1.85. The summed E-state index contributed by atoms with van der Waals surface area (Å²) in [6.07, 6.45) is 1.84. The van der Waals surface area contributed by atoms with E-state index in [1.165, 1.54) is 6.08 Å². The average molecular weight is 449 g/mol. The van der Waals surface area contributed by atoms with Crippen molar-refractivity contribution < 1.29 is 22.7 Å². The summed E-state index contributed by atoms with van der Waals surface area (Å²) in [5, 5.41) is 5.53. The number of methoxy groups -OCH3 is 1. The third kappa shape index (κ3) is 5.61. The number of nitrogens with one attached hydrogen (secondary N) is 2. The van der Waals surface area contributed by atoms with Crippen LogP contribution in [0.1, 0.15) is 22.3 Å². The molecule has 1 unspecified atom stereocenters. The molecule has 1 atom stereocenters. The van der Waals surface area contributed by atoms with E-state index in [1.54, 1.807) is 55.6 Å². The van der Waals surface area contributed by atoms with Gasteiger partial charge in [-0.1, -0.05) is 35.9 Å². The summed E-state index contributed by atoms with van der Waals surface area (Å²) >= 11 is 6.08. The second-order valence-electron chi connectivity index (χ2n) is 6.84. The van der Waals surface area contributed by atoms with Crippen molar-refractivity contribution in [1.29, 1.82) is 0 Å². The number of hydrogen-bond donors (Lipinski definition) is 2. The van der Waals surface area contributed by atoms with Crippen molar-refractivity contribution in [1.82, 2.24) is 10.6 Å². The second kappa shape index (κ2) is 9.32. The lowest BCUT2D eigenvalue weighted by Gasteiger charge is -2.15. The summed E-state index contributed by atoms with van der Waals surface area (Å²) in [6.45, 7) is 0. The highest BCUT2D eigenvalue weighted by Crippen LogP contribution is 2.18. The maximum Gasteiger partial charge on any atom is 0.268 e. The first-order valence-corrected chi connectivity index (χ1v) is 11.4. The summed E-state index contributed by atoms with van der Waals surface area (Å²) in [7, 11) is -1.61. The van der Waals surface area contributed by atoms with E-state index in [1.807, 2.05) is 0 Å². The van der Waals surface area contributed by atoms with Crippen molar-refractivity contribution in [3.8, 4) is 5.75 Å². The van der Waals surface area contributed by atoms with Gasteiger partial charge in [-0.3, -0.25) is 9.59 Å². The van der Waals surface area contributed by atoms with Gasteiger partial charge in [0.2, 0.25) is 0 Å². The fourth-order valence-corrected chi connectivity index (χ4v) is 4.93. The highest BCUT2D eigenvalue weighted by Gasteiger charge is 2.30. The quantitative estimate of drug-likeness (QED) is 0.661. The Kier molecular flexibility index (Phi) is 6.79. The number of carbonyl (C=O) groups is 2. The van der Waals surface area contributed by atoms with Gasteiger partial charge in [0.15, 0.2) is 9.84 Å². The predicted octanol–water partition coefficient (Wildman–Crippen LogP) is 2.42. The molecule has 0 aliphatic carbocycles. The molecular formula is C21H21ClN2O5S. The van der Waals surface area contributed by atoms with Crippen molar-refractivity contribution in [3.63, 3.8) is 0 Å². The molecule has 30 heavy (non-hydrogen) atoms. The molecule has 0 bridgehead atoms. The van der Waals surface area contributed by atoms with Gasteiger partial charge in [0.05, 0.1) is 29.2 Å². The molecule has 0 spiro atoms. The van der Waals surface area contributed by atoms with Crippen LogP contribution in [0.2, 0.25) is 5.02 Å². The summed E-state index contributed by atoms with van der Waals surface area (Å²) in [6, 6.07) is 12.9. The molecule has 2 amide bonds. The Morgan fingerprint density at radius 1 is 1.13 bits per heavy atom. The Morgan fingerprint density at radius 2 is 1.83 bits per heavy atom. The smallest absolute Gasteiger partial charge is 0.268 e. The summed E-state index contributed by atoms with van der Waals surface area (Å²) in [5.41, 5.74) is 0.852. The van der Waals surface area contributed by atoms with Gasteiger partial charge in [-0.2, -0.15) is 0 Å². The Bertz CT molecular complexity index is 1080. The number of amides is 2. The standard InChI is InChI=1S/C21H21ClN2O5S/c1-29-16-8-6-14(7-9-16)12-19(21(26)23-15-10-11-30(27,28)13-15)24-20(25)17-4-2-3-5-18(17)22/h2-9,12,15H,10-11,13H2,1H3,(H,23,26)(H,24,25)/b19-12+. The van der Waals surface area contributed by atoms with Crippen LogP contribution in [0.4, 0.5) is 0 Å². The van der Waals surface area contributed by atoms with E-state index in [2.05, 4.69) is 10.6 Å². The predicted molar refractivity (Wildman–Crippen MR) is 115 cm³/mol. The molecule has 158 valence electrons. The number of halogens is 1. The van der Waals surface area contributed by atoms with E-state index in [0.29, 0.717) is 17.7 Å². The fraction of sp³-hybridized carbons (Fsp3) is 0.238. The number of sulfone groups is 1. The molecule has 0 saturated carbocycles. The van der Waals surface area contributed by atoms with Gasteiger partial charge < -0.3 is 15.4 Å². The number of rotatable bonds is 6. The molecule has 1 fully saturated rings. The number of benzene rings is 2. The van der Waals surface area contributed by atoms with Crippen LogP contribution in [0.5, 0.6) is 5.75 Å². The average Bonchev–Trinajstić information content (AvgIpc) is 3.06. The largest absolute Gasteiger partial charge is 0.497 e. The molecule has 3 rings (SSSR count). The van der Waals surface area contributed by atoms with E-state index in [4.69, 9.17) is 16.3 Å². The number of carbonyl (C=O) groups excluding carboxylic acids is 2. The SMILES string of the molecule is COc1ccc(/C=C(/NC(=O)c2ccccc2Cl)C(=O)NC2CCS(=O)(=O)C2)cc1. The zero-order valence-corrected chi connectivity index (χ0v) is 17.8. The topological polar surface area (TPSA) is 102 Å². The van der Waals surface area contributed by atoms with Crippen molar-refractivity contribution in [2.24, 2.45) is 0 Å². The lowest BCUT2D eigenvalue weighted by atomic mass is 10.1. The fourth-order valence-electron chi connectivity index (χ4n) is 3.03. The van der Waals surface area contributed by atoms with Crippen molar-refractivity contribution in [2.75, 3.05) is 18.6 Å². The van der Waals surface area contributed by atoms with Gasteiger partial charge in [-0.05, 0) is 42.3 Å². The van der Waals surface area contributed by atoms with Crippen LogP contribution < -0.4 is 15.4 Å². The summed E-state index contributed by atoms with van der Waals surface area (Å²) in [5.74, 6) is -0.564. The maximum atomic E-state index is 12.8. The molecule has 2 aromatic carbocycles. The van der Waals surface area contributed by atoms with Crippen LogP contribution in [0, 0.1) is 0 Å². The van der Waals surface area contributed by atoms with E-state index in [0.717, 1.165) is 0 Å². The minimum absolute atomic E-state index is 0.0191. The molecule has 1 heterocycles. The molecule has 9 heteroatoms. The molecule has 0 aromatic heterocycles. The summed E-state index contributed by atoms with van der Waals surface area (Å²) < 4.78 is 28.5. The van der Waals surface area contributed by atoms with Gasteiger partial charge in [-0.25, -0.2) is 8.42 Å². The van der Waals surface area contributed by atoms with E-state index < -0.39 is 27.7 Å². The second-order valence-corrected chi connectivity index (χ2v) is 9.47. The third-order valence-corrected chi connectivity index (χ3v) is 6.70. The van der Waals surface area contributed by atoms with Gasteiger partial charge in [-0.15, -0.1) is 0 Å². The number of hydrogen-bond acceptors (Lipinski definition) is 5. The van der Waals surface area contributed by atoms with E-state index in [-0.39, 0.29) is 27.8 Å². The third-order valence-electron chi connectivity index (χ3n) is 4.61. The van der Waals surface area contributed by atoms with Crippen LogP contribution in [0.25, 0.3) is 6.08 Å². The van der Waals surface area contributed by atoms with Gasteiger partial charge in [0.25, 0.3) is 11.8 Å². The minimum atomic E-state index is -3.16. The molecular weight excluding hydrogens is 428 g/mol. The van der Waals surface area contributed by atoms with Crippen LogP contribution in [-0.2, 0) is 14.6 Å². The van der Waals surface area contributed by atoms with Crippen LogP contribution >= 0.6 is 11.6 Å². The van der Waals surface area contributed by atoms with Crippen LogP contribution in [0.15, 0.2) is 54.2 Å². The number of ether oxygens (including phenoxy) is 1. The highest BCUT2D eigenvalue weighted by atomic mass is 35.5. The molecule has 1 aliphatic rings. The Labute approximate surface area is 180 Å². The lowest BCUT2D eigenvalue weighted by Crippen LogP contribution is -2.41. The van der Waals surface area contributed by atoms with Gasteiger partial charge >= 0.3 is 0 Å². The summed E-state index contributed by atoms with van der Waals surface area (Å²) in [4.78, 5) is 25.5. The minimum Gasteiger partial charge on any atom is -0.497 e. The first-order chi connectivity index (χ1) is 14.3. The first kappa shape index (κ1) is 21.9. The first-order valence-electron chi connectivity index (χ1n) is 9.20. The van der Waals surface area contributed by atoms with E-state index >= 15 is 0 Å². The van der Waals surface area contributed by atoms with Crippen LogP contribution in [-0.4, -0.2) is 44.9 Å². The zero-order chi connectivity index (χ0) is 21.7. The molecule has 2 aromatic rings. The Morgan fingerprint density at radius 3 is 2.43 bits per heavy atom. The molecule has 0 radical (unpaired) electrons. The maximum absolute atomic E-state index is 12.8. The molecule has 1 aliphatic heterocycles. The molecule has 1 saturated heterocycles. The van der Waals surface area contributed by atoms with Crippen molar-refractivity contribution >= 4 is 39.3 Å².